The molecule has 5 nitrogen and oxygen atoms in total. The number of nitrogens with zero attached hydrogens (tertiary/aromatic N) is 1. The lowest BCUT2D eigenvalue weighted by molar-refractivity contribution is -0.137. The van der Waals surface area contributed by atoms with Crippen LogP contribution in [0.25, 0.3) is 11.1 Å². The normalized spacial score (nSPS) is 22.6. The Labute approximate surface area is 167 Å². The van der Waals surface area contributed by atoms with Crippen molar-refractivity contribution < 1.29 is 31.4 Å². The van der Waals surface area contributed by atoms with Crippen molar-refractivity contribution in [2.45, 2.75) is 55.4 Å². The molecule has 0 amide bonds. The maximum absolute atomic E-state index is 13.2. The third kappa shape index (κ3) is 4.56. The summed E-state index contributed by atoms with van der Waals surface area (Å²) in [5.41, 5.74) is -1.57. The predicted molar refractivity (Wildman–Crippen MR) is 101 cm³/mol. The molecule has 1 aromatic heterocycles. The van der Waals surface area contributed by atoms with E-state index in [2.05, 4.69) is 4.98 Å². The molecule has 1 aliphatic carbocycles. The van der Waals surface area contributed by atoms with E-state index < -0.39 is 33.3 Å². The van der Waals surface area contributed by atoms with Gasteiger partial charge in [-0.3, -0.25) is 0 Å². The van der Waals surface area contributed by atoms with Crippen molar-refractivity contribution in [1.29, 1.82) is 0 Å². The Balaban J connectivity index is 2.05. The molecule has 1 N–H and O–H groups in total. The molecule has 0 saturated heterocycles. The Bertz CT molecular complexity index is 990. The third-order valence-corrected chi connectivity index (χ3v) is 6.44. The molecule has 1 heterocycles. The van der Waals surface area contributed by atoms with Crippen molar-refractivity contribution in [3.8, 4) is 17.0 Å². The summed E-state index contributed by atoms with van der Waals surface area (Å²) in [6, 6.07) is 6.42. The molecular weight excluding hydrogens is 407 g/mol. The van der Waals surface area contributed by atoms with E-state index in [1.54, 1.807) is 0 Å². The van der Waals surface area contributed by atoms with Gasteiger partial charge >= 0.3 is 6.18 Å². The Morgan fingerprint density at radius 2 is 1.93 bits per heavy atom. The molecule has 2 aromatic rings. The van der Waals surface area contributed by atoms with Crippen molar-refractivity contribution >= 4 is 9.84 Å². The molecule has 9 heteroatoms. The fourth-order valence-corrected chi connectivity index (χ4v) is 4.15. The topological polar surface area (TPSA) is 76.5 Å². The average Bonchev–Trinajstić information content (AvgIpc) is 3.02. The molecule has 3 rings (SSSR count). The van der Waals surface area contributed by atoms with Gasteiger partial charge in [-0.2, -0.15) is 13.2 Å². The zero-order chi connectivity index (χ0) is 21.4. The number of hydrogen-bond acceptors (Lipinski definition) is 5. The first kappa shape index (κ1) is 21.6. The number of aromatic nitrogens is 1. The summed E-state index contributed by atoms with van der Waals surface area (Å²) in [4.78, 5) is 3.94. The van der Waals surface area contributed by atoms with Crippen molar-refractivity contribution in [2.24, 2.45) is 0 Å². The van der Waals surface area contributed by atoms with Crippen LogP contribution in [-0.2, 0) is 16.0 Å². The van der Waals surface area contributed by atoms with Crippen LogP contribution in [0.15, 0.2) is 41.4 Å². The standard InChI is InChI=1S/C20H22F3NO4S/c1-3-19(25)10-4-5-17(19)28-18-16(11-14(12-24-18)20(21,22)23)13-6-8-15(9-7-13)29(2,26)27/h6-9,11-12,17,25H,3-5,10H2,1-2H3/t17-,19-/m1/s1. The first-order chi connectivity index (χ1) is 13.4. The van der Waals surface area contributed by atoms with Gasteiger partial charge in [0.1, 0.15) is 11.7 Å². The minimum absolute atomic E-state index is 0.0242. The molecule has 0 bridgehead atoms. The lowest BCUT2D eigenvalue weighted by Gasteiger charge is -2.29. The van der Waals surface area contributed by atoms with Crippen molar-refractivity contribution in [1.82, 2.24) is 4.98 Å². The Morgan fingerprint density at radius 3 is 2.48 bits per heavy atom. The second-order valence-corrected chi connectivity index (χ2v) is 9.34. The molecule has 1 aliphatic rings. The van der Waals surface area contributed by atoms with E-state index in [-0.39, 0.29) is 16.3 Å². The summed E-state index contributed by atoms with van der Waals surface area (Å²) in [5.74, 6) is -0.0242. The van der Waals surface area contributed by atoms with E-state index in [0.717, 1.165) is 18.7 Å². The van der Waals surface area contributed by atoms with Gasteiger partial charge in [-0.25, -0.2) is 13.4 Å². The van der Waals surface area contributed by atoms with E-state index >= 15 is 0 Å². The highest BCUT2D eigenvalue weighted by Gasteiger charge is 2.42. The van der Waals surface area contributed by atoms with Crippen LogP contribution in [0.5, 0.6) is 5.88 Å². The molecule has 0 aliphatic heterocycles. The quantitative estimate of drug-likeness (QED) is 0.769. The number of halogens is 3. The zero-order valence-corrected chi connectivity index (χ0v) is 16.8. The molecular formula is C20H22F3NO4S. The SMILES string of the molecule is CC[C@@]1(O)CCC[C@H]1Oc1ncc(C(F)(F)F)cc1-c1ccc(S(C)(=O)=O)cc1. The molecule has 29 heavy (non-hydrogen) atoms. The van der Waals surface area contributed by atoms with Crippen LogP contribution in [-0.4, -0.2) is 36.5 Å². The zero-order valence-electron chi connectivity index (χ0n) is 16.0. The van der Waals surface area contributed by atoms with Gasteiger partial charge < -0.3 is 9.84 Å². The number of benzene rings is 1. The number of ether oxygens (including phenoxy) is 1. The van der Waals surface area contributed by atoms with Gasteiger partial charge in [-0.1, -0.05) is 19.1 Å². The van der Waals surface area contributed by atoms with E-state index in [0.29, 0.717) is 31.0 Å². The highest BCUT2D eigenvalue weighted by Crippen LogP contribution is 2.40. The first-order valence-corrected chi connectivity index (χ1v) is 11.1. The molecule has 0 spiro atoms. The van der Waals surface area contributed by atoms with Crippen molar-refractivity contribution in [2.75, 3.05) is 6.26 Å². The third-order valence-electron chi connectivity index (χ3n) is 5.31. The van der Waals surface area contributed by atoms with Crippen LogP contribution in [0.2, 0.25) is 0 Å². The maximum Gasteiger partial charge on any atom is 0.417 e. The first-order valence-electron chi connectivity index (χ1n) is 9.21. The van der Waals surface area contributed by atoms with E-state index in [9.17, 15) is 26.7 Å². The number of hydrogen-bond donors (Lipinski definition) is 1. The molecule has 0 unspecified atom stereocenters. The number of rotatable bonds is 5. The van der Waals surface area contributed by atoms with Crippen LogP contribution in [0.4, 0.5) is 13.2 Å². The van der Waals surface area contributed by atoms with Crippen molar-refractivity contribution in [3.05, 3.63) is 42.1 Å². The highest BCUT2D eigenvalue weighted by atomic mass is 32.2. The smallest absolute Gasteiger partial charge is 0.417 e. The van der Waals surface area contributed by atoms with E-state index in [1.165, 1.54) is 24.3 Å². The molecule has 2 atom stereocenters. The number of sulfone groups is 1. The molecule has 1 saturated carbocycles. The number of alkyl halides is 3. The van der Waals surface area contributed by atoms with Crippen molar-refractivity contribution in [3.63, 3.8) is 0 Å². The average molecular weight is 429 g/mol. The summed E-state index contributed by atoms with van der Waals surface area (Å²) in [7, 11) is -3.44. The second-order valence-electron chi connectivity index (χ2n) is 7.33. The molecule has 0 radical (unpaired) electrons. The monoisotopic (exact) mass is 429 g/mol. The van der Waals surface area contributed by atoms with Gasteiger partial charge in [-0.05, 0) is 49.4 Å². The lowest BCUT2D eigenvalue weighted by Crippen LogP contribution is -2.40. The van der Waals surface area contributed by atoms with Crippen LogP contribution in [0.3, 0.4) is 0 Å². The fourth-order valence-electron chi connectivity index (χ4n) is 3.52. The summed E-state index contributed by atoms with van der Waals surface area (Å²) in [6.45, 7) is 1.83. The van der Waals surface area contributed by atoms with Gasteiger partial charge in [0.05, 0.1) is 10.5 Å². The van der Waals surface area contributed by atoms with Gasteiger partial charge in [0.15, 0.2) is 9.84 Å². The van der Waals surface area contributed by atoms with Gasteiger partial charge in [0.2, 0.25) is 5.88 Å². The Hall–Kier alpha value is -2.13. The summed E-state index contributed by atoms with van der Waals surface area (Å²) >= 11 is 0. The van der Waals surface area contributed by atoms with E-state index in [1.807, 2.05) is 6.92 Å². The molecule has 158 valence electrons. The Morgan fingerprint density at radius 1 is 1.28 bits per heavy atom. The van der Waals surface area contributed by atoms with Crippen LogP contribution in [0.1, 0.15) is 38.2 Å². The van der Waals surface area contributed by atoms with Gasteiger partial charge in [-0.15, -0.1) is 0 Å². The molecule has 1 fully saturated rings. The summed E-state index contributed by atoms with van der Waals surface area (Å²) in [6.07, 6.45) is -1.11. The predicted octanol–water partition coefficient (Wildman–Crippen LogP) is 4.24. The summed E-state index contributed by atoms with van der Waals surface area (Å²) in [5, 5.41) is 10.7. The van der Waals surface area contributed by atoms with Gasteiger partial charge in [0.25, 0.3) is 0 Å². The largest absolute Gasteiger partial charge is 0.471 e. The summed E-state index contributed by atoms with van der Waals surface area (Å²) < 4.78 is 68.8. The lowest BCUT2D eigenvalue weighted by atomic mass is 9.96. The Kier molecular flexibility index (Phi) is 5.66. The van der Waals surface area contributed by atoms with Gasteiger partial charge in [0, 0.05) is 18.0 Å². The number of pyridine rings is 1. The van der Waals surface area contributed by atoms with Crippen LogP contribution in [0, 0.1) is 0 Å². The molecule has 1 aromatic carbocycles. The fraction of sp³-hybridized carbons (Fsp3) is 0.450. The van der Waals surface area contributed by atoms with E-state index in [4.69, 9.17) is 4.74 Å². The minimum Gasteiger partial charge on any atom is -0.471 e. The van der Waals surface area contributed by atoms with Crippen LogP contribution >= 0.6 is 0 Å². The highest BCUT2D eigenvalue weighted by molar-refractivity contribution is 7.90. The minimum atomic E-state index is -4.59. The maximum atomic E-state index is 13.2. The van der Waals surface area contributed by atoms with Crippen LogP contribution < -0.4 is 4.74 Å². The second kappa shape index (κ2) is 7.60. The number of aliphatic hydroxyl groups is 1.